The molecule has 0 aromatic heterocycles. The van der Waals surface area contributed by atoms with E-state index in [4.69, 9.17) is 15.1 Å². The van der Waals surface area contributed by atoms with E-state index < -0.39 is 6.10 Å². The third-order valence-corrected chi connectivity index (χ3v) is 2.32. The SMILES string of the molecule is C/C(=N/O)c1ccc(C)cc1OCC(O)CO. The van der Waals surface area contributed by atoms with Gasteiger partial charge in [-0.2, -0.15) is 0 Å². The molecule has 5 nitrogen and oxygen atoms in total. The first-order chi connectivity index (χ1) is 8.08. The molecule has 0 fully saturated rings. The molecule has 0 saturated carbocycles. The van der Waals surface area contributed by atoms with Crippen LogP contribution in [0.1, 0.15) is 18.1 Å². The molecular formula is C12H17NO4. The molecule has 1 rings (SSSR count). The molecule has 0 aliphatic carbocycles. The van der Waals surface area contributed by atoms with Crippen molar-refractivity contribution in [1.82, 2.24) is 0 Å². The van der Waals surface area contributed by atoms with Gasteiger partial charge in [0.25, 0.3) is 0 Å². The van der Waals surface area contributed by atoms with Gasteiger partial charge >= 0.3 is 0 Å². The minimum Gasteiger partial charge on any atom is -0.490 e. The van der Waals surface area contributed by atoms with E-state index in [9.17, 15) is 5.11 Å². The van der Waals surface area contributed by atoms with Crippen LogP contribution in [0.3, 0.4) is 0 Å². The van der Waals surface area contributed by atoms with E-state index in [2.05, 4.69) is 5.16 Å². The summed E-state index contributed by atoms with van der Waals surface area (Å²) in [5.41, 5.74) is 2.08. The number of oxime groups is 1. The average Bonchev–Trinajstić information content (AvgIpc) is 2.35. The smallest absolute Gasteiger partial charge is 0.128 e. The third-order valence-electron chi connectivity index (χ3n) is 2.32. The van der Waals surface area contributed by atoms with Gasteiger partial charge in [0.1, 0.15) is 18.5 Å². The maximum absolute atomic E-state index is 9.22. The van der Waals surface area contributed by atoms with Gasteiger partial charge in [-0.3, -0.25) is 0 Å². The van der Waals surface area contributed by atoms with Crippen molar-refractivity contribution in [2.45, 2.75) is 20.0 Å². The van der Waals surface area contributed by atoms with Gasteiger partial charge in [0, 0.05) is 5.56 Å². The molecule has 0 bridgehead atoms. The lowest BCUT2D eigenvalue weighted by Crippen LogP contribution is -2.22. The second-order valence-corrected chi connectivity index (χ2v) is 3.83. The highest BCUT2D eigenvalue weighted by atomic mass is 16.5. The number of aryl methyl sites for hydroxylation is 1. The molecular weight excluding hydrogens is 222 g/mol. The number of ether oxygens (including phenoxy) is 1. The Balaban J connectivity index is 2.91. The molecule has 0 aliphatic heterocycles. The van der Waals surface area contributed by atoms with Crippen LogP contribution in [-0.4, -0.2) is 40.4 Å². The van der Waals surface area contributed by atoms with Gasteiger partial charge < -0.3 is 20.2 Å². The topological polar surface area (TPSA) is 82.3 Å². The maximum Gasteiger partial charge on any atom is 0.128 e. The maximum atomic E-state index is 9.22. The second-order valence-electron chi connectivity index (χ2n) is 3.83. The Morgan fingerprint density at radius 2 is 2.18 bits per heavy atom. The molecule has 94 valence electrons. The number of hydrogen-bond donors (Lipinski definition) is 3. The molecule has 0 spiro atoms. The Kier molecular flexibility index (Phi) is 4.93. The summed E-state index contributed by atoms with van der Waals surface area (Å²) in [5, 5.41) is 29.8. The van der Waals surface area contributed by atoms with Gasteiger partial charge in [0.05, 0.1) is 12.3 Å². The normalized spacial score (nSPS) is 13.5. The minimum atomic E-state index is -0.922. The molecule has 0 heterocycles. The van der Waals surface area contributed by atoms with Crippen molar-refractivity contribution < 1.29 is 20.2 Å². The average molecular weight is 239 g/mol. The van der Waals surface area contributed by atoms with Crippen molar-refractivity contribution in [3.63, 3.8) is 0 Å². The summed E-state index contributed by atoms with van der Waals surface area (Å²) >= 11 is 0. The van der Waals surface area contributed by atoms with Gasteiger partial charge in [-0.15, -0.1) is 0 Å². The number of hydrogen-bond acceptors (Lipinski definition) is 5. The lowest BCUT2D eigenvalue weighted by molar-refractivity contribution is 0.0535. The van der Waals surface area contributed by atoms with Gasteiger partial charge in [0.2, 0.25) is 0 Å². The van der Waals surface area contributed by atoms with Crippen molar-refractivity contribution >= 4 is 5.71 Å². The zero-order chi connectivity index (χ0) is 12.8. The predicted octanol–water partition coefficient (Wildman–Crippen LogP) is 0.925. The van der Waals surface area contributed by atoms with Crippen LogP contribution < -0.4 is 4.74 Å². The van der Waals surface area contributed by atoms with Crippen LogP contribution in [0, 0.1) is 6.92 Å². The number of aliphatic hydroxyl groups is 2. The van der Waals surface area contributed by atoms with E-state index in [-0.39, 0.29) is 13.2 Å². The van der Waals surface area contributed by atoms with Gasteiger partial charge in [-0.1, -0.05) is 11.2 Å². The number of benzene rings is 1. The largest absolute Gasteiger partial charge is 0.490 e. The summed E-state index contributed by atoms with van der Waals surface area (Å²) < 4.78 is 5.39. The third kappa shape index (κ3) is 3.72. The lowest BCUT2D eigenvalue weighted by Gasteiger charge is -2.13. The fourth-order valence-corrected chi connectivity index (χ4v) is 1.34. The number of nitrogens with zero attached hydrogens (tertiary/aromatic N) is 1. The molecule has 17 heavy (non-hydrogen) atoms. The summed E-state index contributed by atoms with van der Waals surface area (Å²) in [6, 6.07) is 5.44. The quantitative estimate of drug-likeness (QED) is 0.405. The predicted molar refractivity (Wildman–Crippen MR) is 63.8 cm³/mol. The summed E-state index contributed by atoms with van der Waals surface area (Å²) in [4.78, 5) is 0. The Labute approximate surface area is 100.0 Å². The highest BCUT2D eigenvalue weighted by molar-refractivity contribution is 6.00. The van der Waals surface area contributed by atoms with Crippen molar-refractivity contribution in [3.8, 4) is 5.75 Å². The first-order valence-corrected chi connectivity index (χ1v) is 5.30. The molecule has 1 aromatic rings. The van der Waals surface area contributed by atoms with Crippen molar-refractivity contribution in [2.75, 3.05) is 13.2 Å². The fourth-order valence-electron chi connectivity index (χ4n) is 1.34. The van der Waals surface area contributed by atoms with Crippen molar-refractivity contribution in [1.29, 1.82) is 0 Å². The van der Waals surface area contributed by atoms with Gasteiger partial charge in [0.15, 0.2) is 0 Å². The summed E-state index contributed by atoms with van der Waals surface area (Å²) in [6.45, 7) is 3.20. The lowest BCUT2D eigenvalue weighted by atomic mass is 10.1. The molecule has 0 aliphatic rings. The van der Waals surface area contributed by atoms with E-state index in [1.807, 2.05) is 13.0 Å². The molecule has 1 atom stereocenters. The number of aliphatic hydroxyl groups excluding tert-OH is 2. The van der Waals surface area contributed by atoms with Crippen LogP contribution >= 0.6 is 0 Å². The molecule has 0 saturated heterocycles. The first-order valence-electron chi connectivity index (χ1n) is 5.30. The fraction of sp³-hybridized carbons (Fsp3) is 0.417. The molecule has 0 radical (unpaired) electrons. The van der Waals surface area contributed by atoms with E-state index in [0.29, 0.717) is 17.0 Å². The second kappa shape index (κ2) is 6.22. The number of rotatable bonds is 5. The van der Waals surface area contributed by atoms with Crippen LogP contribution in [0.5, 0.6) is 5.75 Å². The first kappa shape index (κ1) is 13.5. The monoisotopic (exact) mass is 239 g/mol. The Bertz CT molecular complexity index is 403. The van der Waals surface area contributed by atoms with Crippen LogP contribution in [0.4, 0.5) is 0 Å². The molecule has 0 amide bonds. The summed E-state index contributed by atoms with van der Waals surface area (Å²) in [5.74, 6) is 0.521. The van der Waals surface area contributed by atoms with E-state index in [1.54, 1.807) is 19.1 Å². The molecule has 1 aromatic carbocycles. The highest BCUT2D eigenvalue weighted by Crippen LogP contribution is 2.21. The zero-order valence-electron chi connectivity index (χ0n) is 9.92. The minimum absolute atomic E-state index is 0.00827. The molecule has 1 unspecified atom stereocenters. The van der Waals surface area contributed by atoms with Crippen molar-refractivity contribution in [3.05, 3.63) is 29.3 Å². The Morgan fingerprint density at radius 1 is 1.47 bits per heavy atom. The van der Waals surface area contributed by atoms with Crippen LogP contribution in [-0.2, 0) is 0 Å². The highest BCUT2D eigenvalue weighted by Gasteiger charge is 2.10. The van der Waals surface area contributed by atoms with E-state index in [0.717, 1.165) is 5.56 Å². The standard InChI is InChI=1S/C12H17NO4/c1-8-3-4-11(9(2)13-16)12(5-8)17-7-10(15)6-14/h3-5,10,14-16H,6-7H2,1-2H3/b13-9-. The van der Waals surface area contributed by atoms with Gasteiger partial charge in [-0.25, -0.2) is 0 Å². The molecule has 3 N–H and O–H groups in total. The van der Waals surface area contributed by atoms with Crippen LogP contribution in [0.2, 0.25) is 0 Å². The Hall–Kier alpha value is -1.59. The summed E-state index contributed by atoms with van der Waals surface area (Å²) in [7, 11) is 0. The summed E-state index contributed by atoms with van der Waals surface area (Å²) in [6.07, 6.45) is -0.922. The van der Waals surface area contributed by atoms with E-state index in [1.165, 1.54) is 0 Å². The van der Waals surface area contributed by atoms with Crippen LogP contribution in [0.25, 0.3) is 0 Å². The zero-order valence-corrected chi connectivity index (χ0v) is 9.92. The van der Waals surface area contributed by atoms with Crippen molar-refractivity contribution in [2.24, 2.45) is 5.16 Å². The molecule has 5 heteroatoms. The Morgan fingerprint density at radius 3 is 2.76 bits per heavy atom. The van der Waals surface area contributed by atoms with Crippen LogP contribution in [0.15, 0.2) is 23.4 Å². The van der Waals surface area contributed by atoms with E-state index >= 15 is 0 Å². The van der Waals surface area contributed by atoms with Gasteiger partial charge in [-0.05, 0) is 31.5 Å².